The Morgan fingerprint density at radius 3 is 2.56 bits per heavy atom. The van der Waals surface area contributed by atoms with E-state index in [9.17, 15) is 9.59 Å². The van der Waals surface area contributed by atoms with Crippen LogP contribution in [0.15, 0.2) is 60.5 Å². The molecule has 0 aliphatic rings. The number of amides is 1. The summed E-state index contributed by atoms with van der Waals surface area (Å²) < 4.78 is 10.8. The van der Waals surface area contributed by atoms with Gasteiger partial charge in [-0.15, -0.1) is 17.9 Å². The van der Waals surface area contributed by atoms with Gasteiger partial charge in [0.05, 0.1) is 19.9 Å². The number of thiazole rings is 1. The number of aromatic nitrogens is 1. The number of anilines is 1. The van der Waals surface area contributed by atoms with Gasteiger partial charge in [0.25, 0.3) is 5.91 Å². The number of carbonyl (C=O) groups is 2. The van der Waals surface area contributed by atoms with Crippen LogP contribution in [0, 0.1) is 0 Å². The number of hydrogen-bond acceptors (Lipinski definition) is 7. The van der Waals surface area contributed by atoms with Crippen LogP contribution in [-0.4, -0.2) is 48.8 Å². The van der Waals surface area contributed by atoms with Crippen LogP contribution in [-0.2, 0) is 11.3 Å². The van der Waals surface area contributed by atoms with Crippen molar-refractivity contribution in [1.29, 1.82) is 0 Å². The molecule has 3 rings (SSSR count). The first kappa shape index (κ1) is 24.8. The standard InChI is InChI=1S/C25H27N3O5S/c1-5-12-28(14-17-6-8-18(9-7-17)23(29)26-16(2)24(30)31)25-27-21(15-34-25)20-13-19(32-3)10-11-22(20)33-4/h5-11,13,15-16H,1,12,14H2,2-4H3,(H,26,29)(H,30,31). The molecule has 1 amide bonds. The number of carbonyl (C=O) groups excluding carboxylic acids is 1. The van der Waals surface area contributed by atoms with E-state index in [-0.39, 0.29) is 0 Å². The number of rotatable bonds is 11. The Balaban J connectivity index is 1.78. The van der Waals surface area contributed by atoms with Gasteiger partial charge in [-0.1, -0.05) is 18.2 Å². The number of methoxy groups -OCH3 is 2. The predicted octanol–water partition coefficient (Wildman–Crippen LogP) is 4.22. The summed E-state index contributed by atoms with van der Waals surface area (Å²) >= 11 is 1.51. The van der Waals surface area contributed by atoms with Crippen molar-refractivity contribution in [2.45, 2.75) is 19.5 Å². The number of nitrogens with one attached hydrogen (secondary N) is 1. The van der Waals surface area contributed by atoms with E-state index in [0.29, 0.717) is 24.4 Å². The van der Waals surface area contributed by atoms with Crippen molar-refractivity contribution in [3.8, 4) is 22.8 Å². The molecule has 34 heavy (non-hydrogen) atoms. The van der Waals surface area contributed by atoms with E-state index in [1.165, 1.54) is 18.3 Å². The minimum Gasteiger partial charge on any atom is -0.497 e. The maximum atomic E-state index is 12.2. The van der Waals surface area contributed by atoms with Crippen LogP contribution in [0.5, 0.6) is 11.5 Å². The topological polar surface area (TPSA) is 101 Å². The molecule has 0 aliphatic carbocycles. The Morgan fingerprint density at radius 1 is 1.21 bits per heavy atom. The van der Waals surface area contributed by atoms with Gasteiger partial charge in [0.1, 0.15) is 17.5 Å². The highest BCUT2D eigenvalue weighted by Crippen LogP contribution is 2.36. The van der Waals surface area contributed by atoms with E-state index in [1.54, 1.807) is 26.4 Å². The van der Waals surface area contributed by atoms with Crippen molar-refractivity contribution in [2.75, 3.05) is 25.7 Å². The maximum absolute atomic E-state index is 12.2. The summed E-state index contributed by atoms with van der Waals surface area (Å²) in [4.78, 5) is 30.1. The van der Waals surface area contributed by atoms with Crippen LogP contribution in [0.4, 0.5) is 5.13 Å². The van der Waals surface area contributed by atoms with Crippen molar-refractivity contribution in [3.05, 3.63) is 71.6 Å². The van der Waals surface area contributed by atoms with Gasteiger partial charge in [0.15, 0.2) is 5.13 Å². The quantitative estimate of drug-likeness (QED) is 0.395. The Hall–Kier alpha value is -3.85. The lowest BCUT2D eigenvalue weighted by Crippen LogP contribution is -2.38. The average Bonchev–Trinajstić information content (AvgIpc) is 3.33. The fourth-order valence-corrected chi connectivity index (χ4v) is 4.07. The third-order valence-electron chi connectivity index (χ3n) is 5.10. The molecule has 0 spiro atoms. The van der Waals surface area contributed by atoms with Crippen molar-refractivity contribution >= 4 is 28.3 Å². The minimum absolute atomic E-state index is 0.397. The van der Waals surface area contributed by atoms with E-state index in [0.717, 1.165) is 27.7 Å². The Morgan fingerprint density at radius 2 is 1.94 bits per heavy atom. The maximum Gasteiger partial charge on any atom is 0.325 e. The second-order valence-corrected chi connectivity index (χ2v) is 8.32. The van der Waals surface area contributed by atoms with Gasteiger partial charge in [0, 0.05) is 29.6 Å². The summed E-state index contributed by atoms with van der Waals surface area (Å²) in [5.74, 6) is -0.0882. The summed E-state index contributed by atoms with van der Waals surface area (Å²) in [6.07, 6.45) is 1.81. The summed E-state index contributed by atoms with van der Waals surface area (Å²) in [7, 11) is 3.24. The van der Waals surface area contributed by atoms with Crippen molar-refractivity contribution < 1.29 is 24.2 Å². The first-order valence-corrected chi connectivity index (χ1v) is 11.4. The van der Waals surface area contributed by atoms with Gasteiger partial charge in [-0.25, -0.2) is 4.98 Å². The average molecular weight is 482 g/mol. The number of nitrogens with zero attached hydrogens (tertiary/aromatic N) is 2. The molecule has 8 nitrogen and oxygen atoms in total. The second kappa shape index (κ2) is 11.3. The molecule has 2 aromatic carbocycles. The molecule has 2 N–H and O–H groups in total. The van der Waals surface area contributed by atoms with Crippen LogP contribution < -0.4 is 19.7 Å². The van der Waals surface area contributed by atoms with Crippen molar-refractivity contribution in [3.63, 3.8) is 0 Å². The lowest BCUT2D eigenvalue weighted by Gasteiger charge is -2.20. The summed E-state index contributed by atoms with van der Waals surface area (Å²) in [5.41, 5.74) is 2.99. The smallest absolute Gasteiger partial charge is 0.325 e. The first-order valence-electron chi connectivity index (χ1n) is 10.5. The fourth-order valence-electron chi connectivity index (χ4n) is 3.24. The van der Waals surface area contributed by atoms with E-state index in [2.05, 4.69) is 16.8 Å². The van der Waals surface area contributed by atoms with Crippen LogP contribution in [0.2, 0.25) is 0 Å². The van der Waals surface area contributed by atoms with Crippen LogP contribution in [0.25, 0.3) is 11.3 Å². The van der Waals surface area contributed by atoms with Crippen molar-refractivity contribution in [2.24, 2.45) is 0 Å². The fraction of sp³-hybridized carbons (Fsp3) is 0.240. The molecular weight excluding hydrogens is 454 g/mol. The molecule has 1 atom stereocenters. The second-order valence-electron chi connectivity index (χ2n) is 7.48. The molecule has 0 saturated heterocycles. The van der Waals surface area contributed by atoms with Crippen LogP contribution in [0.3, 0.4) is 0 Å². The lowest BCUT2D eigenvalue weighted by atomic mass is 10.1. The molecule has 0 bridgehead atoms. The Kier molecular flexibility index (Phi) is 8.26. The highest BCUT2D eigenvalue weighted by molar-refractivity contribution is 7.14. The van der Waals surface area contributed by atoms with Crippen molar-refractivity contribution in [1.82, 2.24) is 10.3 Å². The van der Waals surface area contributed by atoms with E-state index >= 15 is 0 Å². The molecule has 1 unspecified atom stereocenters. The van der Waals surface area contributed by atoms with E-state index in [1.807, 2.05) is 41.8 Å². The molecule has 1 aromatic heterocycles. The summed E-state index contributed by atoms with van der Waals surface area (Å²) in [6.45, 7) is 6.42. The van der Waals surface area contributed by atoms with Gasteiger partial charge < -0.3 is 24.8 Å². The van der Waals surface area contributed by atoms with Gasteiger partial charge >= 0.3 is 5.97 Å². The van der Waals surface area contributed by atoms with Crippen LogP contribution >= 0.6 is 11.3 Å². The van der Waals surface area contributed by atoms with Gasteiger partial charge in [-0.05, 0) is 42.8 Å². The Labute approximate surface area is 202 Å². The summed E-state index contributed by atoms with van der Waals surface area (Å²) in [5, 5.41) is 14.2. The minimum atomic E-state index is -1.08. The Bertz CT molecular complexity index is 1160. The normalized spacial score (nSPS) is 11.4. The lowest BCUT2D eigenvalue weighted by molar-refractivity contribution is -0.138. The summed E-state index contributed by atoms with van der Waals surface area (Å²) in [6, 6.07) is 11.7. The number of carboxylic acids is 1. The number of hydrogen-bond donors (Lipinski definition) is 2. The monoisotopic (exact) mass is 481 g/mol. The molecule has 0 radical (unpaired) electrons. The zero-order valence-electron chi connectivity index (χ0n) is 19.3. The number of ether oxygens (including phenoxy) is 2. The molecule has 9 heteroatoms. The van der Waals surface area contributed by atoms with Gasteiger partial charge in [0.2, 0.25) is 0 Å². The SMILES string of the molecule is C=CCN(Cc1ccc(C(=O)NC(C)C(=O)O)cc1)c1nc(-c2cc(OC)ccc2OC)cs1. The van der Waals surface area contributed by atoms with Gasteiger partial charge in [-0.2, -0.15) is 0 Å². The number of carboxylic acid groups (broad SMARTS) is 1. The number of benzene rings is 2. The highest BCUT2D eigenvalue weighted by atomic mass is 32.1. The highest BCUT2D eigenvalue weighted by Gasteiger charge is 2.17. The third-order valence-corrected chi connectivity index (χ3v) is 6.00. The molecule has 0 aliphatic heterocycles. The number of aliphatic carboxylic acids is 1. The first-order chi connectivity index (χ1) is 16.4. The molecule has 0 fully saturated rings. The van der Waals surface area contributed by atoms with E-state index in [4.69, 9.17) is 19.6 Å². The van der Waals surface area contributed by atoms with Gasteiger partial charge in [-0.3, -0.25) is 9.59 Å². The molecule has 1 heterocycles. The largest absolute Gasteiger partial charge is 0.497 e. The molecule has 0 saturated carbocycles. The van der Waals surface area contributed by atoms with E-state index < -0.39 is 17.9 Å². The zero-order valence-corrected chi connectivity index (χ0v) is 20.1. The molecule has 178 valence electrons. The molecular formula is C25H27N3O5S. The zero-order chi connectivity index (χ0) is 24.7. The molecule has 3 aromatic rings. The van der Waals surface area contributed by atoms with Crippen LogP contribution in [0.1, 0.15) is 22.8 Å². The third kappa shape index (κ3) is 5.93. The predicted molar refractivity (Wildman–Crippen MR) is 133 cm³/mol.